The van der Waals surface area contributed by atoms with Gasteiger partial charge in [0.15, 0.2) is 0 Å². The molecule has 3 nitrogen and oxygen atoms in total. The van der Waals surface area contributed by atoms with Crippen molar-refractivity contribution in [3.63, 3.8) is 0 Å². The van der Waals surface area contributed by atoms with Gasteiger partial charge in [-0.15, -0.1) is 11.3 Å². The zero-order valence-corrected chi connectivity index (χ0v) is 13.6. The van der Waals surface area contributed by atoms with E-state index in [1.165, 1.54) is 17.0 Å². The Morgan fingerprint density at radius 2 is 2.11 bits per heavy atom. The zero-order valence-electron chi connectivity index (χ0n) is 12.7. The van der Waals surface area contributed by atoms with Gasteiger partial charge in [-0.25, -0.2) is 4.98 Å². The highest BCUT2D eigenvalue weighted by Gasteiger charge is 2.36. The smallest absolute Gasteiger partial charge is 0.0900 e. The first-order valence-electron chi connectivity index (χ1n) is 7.13. The highest BCUT2D eigenvalue weighted by Crippen LogP contribution is 2.34. The molecule has 1 aromatic heterocycles. The first-order valence-corrected chi connectivity index (χ1v) is 7.95. The van der Waals surface area contributed by atoms with E-state index in [0.717, 1.165) is 24.7 Å². The fourth-order valence-corrected chi connectivity index (χ4v) is 3.82. The van der Waals surface area contributed by atoms with Crippen LogP contribution in [-0.2, 0) is 11.3 Å². The highest BCUT2D eigenvalue weighted by atomic mass is 32.1. The Balaban J connectivity index is 1.84. The van der Waals surface area contributed by atoms with Gasteiger partial charge in [-0.1, -0.05) is 20.8 Å². The van der Waals surface area contributed by atoms with Gasteiger partial charge in [0.05, 0.1) is 16.8 Å². The Bertz CT molecular complexity index is 422. The number of ether oxygens (including phenoxy) is 1. The van der Waals surface area contributed by atoms with Crippen LogP contribution in [-0.4, -0.2) is 24.2 Å². The second kappa shape index (κ2) is 5.90. The summed E-state index contributed by atoms with van der Waals surface area (Å²) in [7, 11) is 0. The van der Waals surface area contributed by atoms with Gasteiger partial charge in [0.2, 0.25) is 0 Å². The molecule has 0 radical (unpaired) electrons. The number of rotatable bonds is 4. The van der Waals surface area contributed by atoms with Crippen LogP contribution < -0.4 is 5.32 Å². The molecule has 0 aliphatic carbocycles. The minimum absolute atomic E-state index is 0.236. The van der Waals surface area contributed by atoms with E-state index in [9.17, 15) is 0 Å². The number of nitrogens with one attached hydrogen (secondary N) is 1. The molecular weight excluding hydrogens is 256 g/mol. The van der Waals surface area contributed by atoms with Crippen LogP contribution >= 0.6 is 11.3 Å². The first-order chi connectivity index (χ1) is 8.88. The third-order valence-corrected chi connectivity index (χ3v) is 4.83. The molecule has 1 N–H and O–H groups in total. The molecule has 1 fully saturated rings. The predicted octanol–water partition coefficient (Wildman–Crippen LogP) is 3.30. The molecule has 1 aliphatic heterocycles. The van der Waals surface area contributed by atoms with Gasteiger partial charge < -0.3 is 10.1 Å². The molecular formula is C15H26N2OS. The molecule has 1 aromatic rings. The summed E-state index contributed by atoms with van der Waals surface area (Å²) in [5.41, 5.74) is 1.41. The third kappa shape index (κ3) is 3.77. The second-order valence-corrected chi connectivity index (χ2v) is 7.87. The lowest BCUT2D eigenvalue weighted by Gasteiger charge is -2.31. The largest absolute Gasteiger partial charge is 0.377 e. The fraction of sp³-hybridized carbons (Fsp3) is 0.800. The maximum atomic E-state index is 5.91. The third-order valence-electron chi connectivity index (χ3n) is 3.76. The van der Waals surface area contributed by atoms with Crippen molar-refractivity contribution in [1.82, 2.24) is 10.3 Å². The molecule has 0 amide bonds. The summed E-state index contributed by atoms with van der Waals surface area (Å²) in [4.78, 5) is 5.83. The number of hydrogen-bond donors (Lipinski definition) is 1. The molecule has 0 unspecified atom stereocenters. The number of aryl methyl sites for hydroxylation is 2. The minimum atomic E-state index is 0.236. The molecule has 19 heavy (non-hydrogen) atoms. The lowest BCUT2D eigenvalue weighted by atomic mass is 9.81. The average molecular weight is 282 g/mol. The van der Waals surface area contributed by atoms with Gasteiger partial charge in [0.25, 0.3) is 0 Å². The van der Waals surface area contributed by atoms with E-state index in [1.54, 1.807) is 11.3 Å². The number of thiazole rings is 1. The molecule has 4 heteroatoms. The number of aromatic nitrogens is 1. The highest BCUT2D eigenvalue weighted by molar-refractivity contribution is 7.11. The monoisotopic (exact) mass is 282 g/mol. The molecule has 2 rings (SSSR count). The summed E-state index contributed by atoms with van der Waals surface area (Å²) >= 11 is 1.80. The topological polar surface area (TPSA) is 34.2 Å². The average Bonchev–Trinajstić information content (AvgIpc) is 2.85. The van der Waals surface area contributed by atoms with Crippen molar-refractivity contribution in [2.24, 2.45) is 11.3 Å². The maximum absolute atomic E-state index is 5.91. The van der Waals surface area contributed by atoms with E-state index < -0.39 is 0 Å². The van der Waals surface area contributed by atoms with E-state index >= 15 is 0 Å². The summed E-state index contributed by atoms with van der Waals surface area (Å²) in [5, 5.41) is 4.75. The van der Waals surface area contributed by atoms with Gasteiger partial charge in [0.1, 0.15) is 0 Å². The van der Waals surface area contributed by atoms with Gasteiger partial charge >= 0.3 is 0 Å². The van der Waals surface area contributed by atoms with Crippen molar-refractivity contribution in [3.8, 4) is 0 Å². The quantitative estimate of drug-likeness (QED) is 0.920. The van der Waals surface area contributed by atoms with Crippen LogP contribution in [0.4, 0.5) is 0 Å². The lowest BCUT2D eigenvalue weighted by molar-refractivity contribution is 0.00722. The molecule has 0 saturated carbocycles. The first kappa shape index (κ1) is 14.9. The molecule has 2 atom stereocenters. The van der Waals surface area contributed by atoms with E-state index in [0.29, 0.717) is 12.0 Å². The SMILES string of the molecule is Cc1nc(C)c(CNC[C@H]2CCO[C@@H]2C(C)(C)C)s1. The van der Waals surface area contributed by atoms with E-state index in [-0.39, 0.29) is 5.41 Å². The van der Waals surface area contributed by atoms with Crippen LogP contribution in [0.1, 0.15) is 42.8 Å². The van der Waals surface area contributed by atoms with Crippen molar-refractivity contribution in [2.75, 3.05) is 13.2 Å². The number of nitrogens with zero attached hydrogens (tertiary/aromatic N) is 1. The van der Waals surface area contributed by atoms with Crippen molar-refractivity contribution in [2.45, 2.75) is 53.7 Å². The number of hydrogen-bond acceptors (Lipinski definition) is 4. The van der Waals surface area contributed by atoms with Crippen molar-refractivity contribution in [3.05, 3.63) is 15.6 Å². The van der Waals surface area contributed by atoms with Crippen LogP contribution in [0.3, 0.4) is 0 Å². The Kier molecular flexibility index (Phi) is 4.64. The van der Waals surface area contributed by atoms with E-state index in [1.807, 2.05) is 0 Å². The lowest BCUT2D eigenvalue weighted by Crippen LogP contribution is -2.36. The molecule has 0 bridgehead atoms. The van der Waals surface area contributed by atoms with E-state index in [4.69, 9.17) is 4.74 Å². The summed E-state index contributed by atoms with van der Waals surface area (Å²) in [6, 6.07) is 0. The van der Waals surface area contributed by atoms with Crippen LogP contribution in [0.15, 0.2) is 0 Å². The molecule has 0 spiro atoms. The van der Waals surface area contributed by atoms with E-state index in [2.05, 4.69) is 44.9 Å². The van der Waals surface area contributed by atoms with Crippen LogP contribution in [0.2, 0.25) is 0 Å². The fourth-order valence-electron chi connectivity index (χ4n) is 2.91. The Morgan fingerprint density at radius 1 is 1.37 bits per heavy atom. The van der Waals surface area contributed by atoms with Crippen LogP contribution in [0.5, 0.6) is 0 Å². The second-order valence-electron chi connectivity index (χ2n) is 6.58. The normalized spacial score (nSPS) is 24.1. The van der Waals surface area contributed by atoms with Gasteiger partial charge in [0, 0.05) is 30.5 Å². The maximum Gasteiger partial charge on any atom is 0.0900 e. The Morgan fingerprint density at radius 3 is 2.68 bits per heavy atom. The Hall–Kier alpha value is -0.450. The zero-order chi connectivity index (χ0) is 14.0. The van der Waals surface area contributed by atoms with Crippen LogP contribution in [0.25, 0.3) is 0 Å². The molecule has 2 heterocycles. The van der Waals surface area contributed by atoms with Crippen LogP contribution in [0, 0.1) is 25.2 Å². The standard InChI is InChI=1S/C15H26N2OS/c1-10-13(19-11(2)17-10)9-16-8-12-6-7-18-14(12)15(3,4)5/h12,14,16H,6-9H2,1-5H3/t12-,14+/m1/s1. The molecule has 108 valence electrons. The molecule has 1 saturated heterocycles. The van der Waals surface area contributed by atoms with Gasteiger partial charge in [-0.05, 0) is 25.7 Å². The summed E-state index contributed by atoms with van der Waals surface area (Å²) in [6.07, 6.45) is 1.56. The molecule has 1 aliphatic rings. The summed E-state index contributed by atoms with van der Waals surface area (Å²) < 4.78 is 5.91. The Labute approximate surface area is 120 Å². The van der Waals surface area contributed by atoms with Crippen molar-refractivity contribution >= 4 is 11.3 Å². The summed E-state index contributed by atoms with van der Waals surface area (Å²) in [5.74, 6) is 0.634. The van der Waals surface area contributed by atoms with Gasteiger partial charge in [-0.3, -0.25) is 0 Å². The van der Waals surface area contributed by atoms with Crippen molar-refractivity contribution in [1.29, 1.82) is 0 Å². The summed E-state index contributed by atoms with van der Waals surface area (Å²) in [6.45, 7) is 13.9. The van der Waals surface area contributed by atoms with Crippen molar-refractivity contribution < 1.29 is 4.74 Å². The minimum Gasteiger partial charge on any atom is -0.377 e. The molecule has 0 aromatic carbocycles. The predicted molar refractivity (Wildman–Crippen MR) is 80.6 cm³/mol. The van der Waals surface area contributed by atoms with Gasteiger partial charge in [-0.2, -0.15) is 0 Å².